The van der Waals surface area contributed by atoms with E-state index in [1.54, 1.807) is 7.11 Å². The van der Waals surface area contributed by atoms with E-state index in [2.05, 4.69) is 24.0 Å². The van der Waals surface area contributed by atoms with E-state index in [1.165, 1.54) is 16.0 Å². The van der Waals surface area contributed by atoms with Gasteiger partial charge < -0.3 is 19.3 Å². The van der Waals surface area contributed by atoms with Crippen molar-refractivity contribution in [3.8, 4) is 17.2 Å². The third kappa shape index (κ3) is 5.62. The first-order valence-electron chi connectivity index (χ1n) is 13.2. The van der Waals surface area contributed by atoms with Crippen molar-refractivity contribution in [3.63, 3.8) is 0 Å². The number of aliphatic carboxylic acids is 1. The minimum Gasteiger partial charge on any atom is -0.493 e. The van der Waals surface area contributed by atoms with Gasteiger partial charge in [-0.15, -0.1) is 0 Å². The number of nitrogens with zero attached hydrogens (tertiary/aromatic N) is 2. The number of carbonyl (C=O) groups is 3. The van der Waals surface area contributed by atoms with Gasteiger partial charge in [-0.3, -0.25) is 24.2 Å². The van der Waals surface area contributed by atoms with E-state index in [1.807, 2.05) is 24.3 Å². The van der Waals surface area contributed by atoms with E-state index in [4.69, 9.17) is 14.2 Å². The molecule has 0 bridgehead atoms. The van der Waals surface area contributed by atoms with E-state index in [0.29, 0.717) is 37.6 Å². The Balaban J connectivity index is 1.29. The number of amides is 2. The first kappa shape index (κ1) is 26.0. The molecule has 3 aliphatic rings. The highest BCUT2D eigenvalue weighted by molar-refractivity contribution is 6.01. The van der Waals surface area contributed by atoms with Crippen LogP contribution in [0.1, 0.15) is 48.9 Å². The third-order valence-electron chi connectivity index (χ3n) is 7.79. The van der Waals surface area contributed by atoms with Crippen LogP contribution in [0.2, 0.25) is 0 Å². The molecule has 2 heterocycles. The van der Waals surface area contributed by atoms with Crippen LogP contribution in [0.3, 0.4) is 0 Å². The van der Waals surface area contributed by atoms with Gasteiger partial charge in [-0.25, -0.2) is 0 Å². The van der Waals surface area contributed by atoms with Crippen LogP contribution < -0.4 is 14.2 Å². The number of likely N-dealkylation sites (tertiary alicyclic amines) is 1. The van der Waals surface area contributed by atoms with Crippen molar-refractivity contribution >= 4 is 17.8 Å². The molecule has 202 valence electrons. The number of hydrogen-bond acceptors (Lipinski definition) is 7. The predicted octanol–water partition coefficient (Wildman–Crippen LogP) is 3.44. The molecule has 9 heteroatoms. The molecule has 1 unspecified atom stereocenters. The highest BCUT2D eigenvalue weighted by atomic mass is 16.5. The summed E-state index contributed by atoms with van der Waals surface area (Å²) in [5.74, 6) is 0.863. The fraction of sp³-hybridized carbons (Fsp3) is 0.483. The Hall–Kier alpha value is -3.59. The lowest BCUT2D eigenvalue weighted by molar-refractivity contribution is -0.140. The molecule has 0 aromatic heterocycles. The van der Waals surface area contributed by atoms with Crippen molar-refractivity contribution in [1.82, 2.24) is 9.80 Å². The summed E-state index contributed by atoms with van der Waals surface area (Å²) in [7, 11) is 1.58. The van der Waals surface area contributed by atoms with Crippen molar-refractivity contribution in [3.05, 3.63) is 53.1 Å². The van der Waals surface area contributed by atoms with Gasteiger partial charge in [0, 0.05) is 38.4 Å². The van der Waals surface area contributed by atoms with Gasteiger partial charge in [0.2, 0.25) is 11.8 Å². The maximum atomic E-state index is 11.8. The zero-order valence-electron chi connectivity index (χ0n) is 21.9. The molecule has 3 atom stereocenters. The Morgan fingerprint density at radius 3 is 2.63 bits per heavy atom. The van der Waals surface area contributed by atoms with Crippen LogP contribution in [0.4, 0.5) is 0 Å². The molecule has 2 aliphatic heterocycles. The molecular formula is C29H34N2O7. The molecule has 38 heavy (non-hydrogen) atoms. The lowest BCUT2D eigenvalue weighted by Crippen LogP contribution is -2.33. The highest BCUT2D eigenvalue weighted by Crippen LogP contribution is 2.41. The molecule has 1 saturated carbocycles. The molecule has 9 nitrogen and oxygen atoms in total. The first-order chi connectivity index (χ1) is 18.3. The Bertz CT molecular complexity index is 1210. The van der Waals surface area contributed by atoms with Gasteiger partial charge in [0.15, 0.2) is 11.5 Å². The second-order valence-corrected chi connectivity index (χ2v) is 10.3. The van der Waals surface area contributed by atoms with Crippen LogP contribution in [0.15, 0.2) is 36.4 Å². The van der Waals surface area contributed by atoms with Crippen molar-refractivity contribution in [2.75, 3.05) is 33.4 Å². The quantitative estimate of drug-likeness (QED) is 0.423. The number of methoxy groups -OCH3 is 1. The van der Waals surface area contributed by atoms with E-state index in [9.17, 15) is 19.5 Å². The van der Waals surface area contributed by atoms with E-state index in [0.717, 1.165) is 17.7 Å². The summed E-state index contributed by atoms with van der Waals surface area (Å²) in [4.78, 5) is 38.7. The van der Waals surface area contributed by atoms with Crippen molar-refractivity contribution in [1.29, 1.82) is 0 Å². The topological polar surface area (TPSA) is 106 Å². The molecule has 2 aromatic rings. The van der Waals surface area contributed by atoms with Crippen LogP contribution in [-0.2, 0) is 27.3 Å². The number of fused-ring (bicyclic) bond motifs is 1. The van der Waals surface area contributed by atoms with Gasteiger partial charge in [0.25, 0.3) is 0 Å². The summed E-state index contributed by atoms with van der Waals surface area (Å²) in [6, 6.07) is 12.2. The summed E-state index contributed by atoms with van der Waals surface area (Å²) >= 11 is 0. The molecule has 2 aromatic carbocycles. The average molecular weight is 523 g/mol. The number of carboxylic acids is 1. The van der Waals surface area contributed by atoms with Crippen LogP contribution in [0, 0.1) is 11.8 Å². The summed E-state index contributed by atoms with van der Waals surface area (Å²) in [6.07, 6.45) is 2.13. The third-order valence-corrected chi connectivity index (χ3v) is 7.79. The molecule has 0 spiro atoms. The maximum Gasteiger partial charge on any atom is 0.306 e. The van der Waals surface area contributed by atoms with Crippen molar-refractivity contribution < 1.29 is 33.7 Å². The molecule has 1 N–H and O–H groups in total. The lowest BCUT2D eigenvalue weighted by atomic mass is 10.0. The first-order valence-corrected chi connectivity index (χ1v) is 13.2. The Morgan fingerprint density at radius 2 is 1.92 bits per heavy atom. The summed E-state index contributed by atoms with van der Waals surface area (Å²) in [6.45, 7) is 4.57. The monoisotopic (exact) mass is 522 g/mol. The Morgan fingerprint density at radius 1 is 1.13 bits per heavy atom. The minimum atomic E-state index is -0.724. The largest absolute Gasteiger partial charge is 0.493 e. The molecule has 0 radical (unpaired) electrons. The number of carboxylic acid groups (broad SMARTS) is 1. The predicted molar refractivity (Wildman–Crippen MR) is 138 cm³/mol. The van der Waals surface area contributed by atoms with Crippen molar-refractivity contribution in [2.24, 2.45) is 11.8 Å². The van der Waals surface area contributed by atoms with Crippen molar-refractivity contribution in [2.45, 2.75) is 45.2 Å². The SMILES string of the molecule is COc1cc(CN(C[C@@H]2C[C@H]2C(=O)O)C(C)c2ccc3c(c2)CCO3)ccc1OCCN1C(=O)CCC1=O. The molecule has 2 amide bonds. The number of benzene rings is 2. The van der Waals surface area contributed by atoms with E-state index < -0.39 is 5.97 Å². The zero-order valence-corrected chi connectivity index (χ0v) is 21.9. The van der Waals surface area contributed by atoms with Gasteiger partial charge in [0.1, 0.15) is 12.4 Å². The zero-order chi connectivity index (χ0) is 26.8. The number of carbonyl (C=O) groups excluding carboxylic acids is 2. The number of rotatable bonds is 12. The Labute approximate surface area is 222 Å². The molecular weight excluding hydrogens is 488 g/mol. The van der Waals surface area contributed by atoms with Gasteiger partial charge >= 0.3 is 5.97 Å². The average Bonchev–Trinajstić information content (AvgIpc) is 3.41. The second kappa shape index (κ2) is 11.0. The van der Waals surface area contributed by atoms with Gasteiger partial charge in [-0.05, 0) is 54.2 Å². The lowest BCUT2D eigenvalue weighted by Gasteiger charge is -2.30. The van der Waals surface area contributed by atoms with Gasteiger partial charge in [0.05, 0.1) is 26.2 Å². The highest BCUT2D eigenvalue weighted by Gasteiger charge is 2.44. The maximum absolute atomic E-state index is 11.8. The molecule has 1 aliphatic carbocycles. The normalized spacial score (nSPS) is 20.9. The molecule has 1 saturated heterocycles. The van der Waals surface area contributed by atoms with Crippen LogP contribution in [-0.4, -0.2) is 66.1 Å². The van der Waals surface area contributed by atoms with E-state index in [-0.39, 0.29) is 55.7 Å². The minimum absolute atomic E-state index is 0.0772. The number of ether oxygens (including phenoxy) is 3. The van der Waals surface area contributed by atoms with Crippen LogP contribution >= 0.6 is 0 Å². The molecule has 5 rings (SSSR count). The number of hydrogen-bond donors (Lipinski definition) is 1. The Kier molecular flexibility index (Phi) is 7.56. The van der Waals surface area contributed by atoms with Crippen LogP contribution in [0.5, 0.6) is 17.2 Å². The number of imide groups is 1. The summed E-state index contributed by atoms with van der Waals surface area (Å²) in [5.41, 5.74) is 3.41. The second-order valence-electron chi connectivity index (χ2n) is 10.3. The van der Waals surface area contributed by atoms with Gasteiger partial charge in [-0.2, -0.15) is 0 Å². The summed E-state index contributed by atoms with van der Waals surface area (Å²) in [5, 5.41) is 9.45. The standard InChI is InChI=1S/C29H34N2O7/c1-18(20-4-6-24-21(14-20)9-11-37-24)30(17-22-15-23(22)29(34)35)16-19-3-5-25(26(13-19)36-2)38-12-10-31-27(32)7-8-28(31)33/h3-6,13-14,18,22-23H,7-12,15-17H2,1-2H3,(H,34,35)/t18?,22-,23+/m0/s1. The fourth-order valence-electron chi connectivity index (χ4n) is 5.37. The van der Waals surface area contributed by atoms with Crippen LogP contribution in [0.25, 0.3) is 0 Å². The molecule has 2 fully saturated rings. The van der Waals surface area contributed by atoms with Gasteiger partial charge in [-0.1, -0.05) is 18.2 Å². The fourth-order valence-corrected chi connectivity index (χ4v) is 5.37. The van der Waals surface area contributed by atoms with E-state index >= 15 is 0 Å². The summed E-state index contributed by atoms with van der Waals surface area (Å²) < 4.78 is 17.1. The smallest absolute Gasteiger partial charge is 0.306 e.